The van der Waals surface area contributed by atoms with Gasteiger partial charge in [-0.3, -0.25) is 4.79 Å². The molecule has 0 aromatic heterocycles. The average Bonchev–Trinajstić information content (AvgIpc) is 3.22. The van der Waals surface area contributed by atoms with Crippen LogP contribution in [-0.4, -0.2) is 44.2 Å². The zero-order chi connectivity index (χ0) is 20.3. The summed E-state index contributed by atoms with van der Waals surface area (Å²) in [7, 11) is -3.60. The van der Waals surface area contributed by atoms with Crippen LogP contribution in [0.1, 0.15) is 33.6 Å². The monoisotopic (exact) mass is 409 g/mol. The summed E-state index contributed by atoms with van der Waals surface area (Å²) in [4.78, 5) is 24.0. The molecular formula is C19H17F2NO5S. The number of hydrogen-bond acceptors (Lipinski definition) is 5. The highest BCUT2D eigenvalue weighted by molar-refractivity contribution is 7.89. The van der Waals surface area contributed by atoms with Gasteiger partial charge in [0, 0.05) is 18.7 Å². The Labute approximate surface area is 160 Å². The van der Waals surface area contributed by atoms with E-state index in [0.29, 0.717) is 13.1 Å². The van der Waals surface area contributed by atoms with Crippen molar-refractivity contribution in [3.05, 3.63) is 65.2 Å². The average molecular weight is 409 g/mol. The third-order valence-electron chi connectivity index (χ3n) is 4.38. The van der Waals surface area contributed by atoms with E-state index in [4.69, 9.17) is 0 Å². The Morgan fingerprint density at radius 2 is 1.54 bits per heavy atom. The number of carbonyl (C=O) groups excluding carboxylic acids is 2. The molecule has 0 amide bonds. The number of ketones is 1. The quantitative estimate of drug-likeness (QED) is 0.541. The van der Waals surface area contributed by atoms with E-state index >= 15 is 0 Å². The second kappa shape index (κ2) is 8.15. The maximum atomic E-state index is 13.5. The van der Waals surface area contributed by atoms with Gasteiger partial charge in [0.25, 0.3) is 0 Å². The summed E-state index contributed by atoms with van der Waals surface area (Å²) in [5.41, 5.74) is -0.760. The number of ether oxygens (including phenoxy) is 1. The summed E-state index contributed by atoms with van der Waals surface area (Å²) in [6.45, 7) is 0.196. The molecule has 0 bridgehead atoms. The van der Waals surface area contributed by atoms with Gasteiger partial charge in [-0.2, -0.15) is 4.31 Å². The summed E-state index contributed by atoms with van der Waals surface area (Å²) in [5.74, 6) is -4.10. The Balaban J connectivity index is 1.66. The van der Waals surface area contributed by atoms with Gasteiger partial charge in [-0.1, -0.05) is 6.07 Å². The summed E-state index contributed by atoms with van der Waals surface area (Å²) in [6, 6.07) is 8.14. The van der Waals surface area contributed by atoms with Gasteiger partial charge in [0.15, 0.2) is 12.4 Å². The van der Waals surface area contributed by atoms with Gasteiger partial charge in [0.05, 0.1) is 4.90 Å². The molecule has 0 aliphatic carbocycles. The fourth-order valence-electron chi connectivity index (χ4n) is 2.87. The lowest BCUT2D eigenvalue weighted by Crippen LogP contribution is -2.27. The minimum atomic E-state index is -3.60. The molecule has 0 saturated carbocycles. The Morgan fingerprint density at radius 1 is 0.964 bits per heavy atom. The SMILES string of the molecule is O=C(COC(=O)c1c(F)cccc1F)c1ccc(S(=O)(=O)N2CCCC2)cc1. The zero-order valence-electron chi connectivity index (χ0n) is 14.7. The predicted octanol–water partition coefficient (Wildman–Crippen LogP) is 2.79. The number of benzene rings is 2. The fraction of sp³-hybridized carbons (Fsp3) is 0.263. The summed E-state index contributed by atoms with van der Waals surface area (Å²) >= 11 is 0. The zero-order valence-corrected chi connectivity index (χ0v) is 15.5. The van der Waals surface area contributed by atoms with Crippen LogP contribution in [0.5, 0.6) is 0 Å². The van der Waals surface area contributed by atoms with Gasteiger partial charge in [0.1, 0.15) is 17.2 Å². The lowest BCUT2D eigenvalue weighted by molar-refractivity contribution is 0.0465. The molecule has 28 heavy (non-hydrogen) atoms. The first-order valence-electron chi connectivity index (χ1n) is 8.55. The lowest BCUT2D eigenvalue weighted by Gasteiger charge is -2.15. The van der Waals surface area contributed by atoms with Crippen molar-refractivity contribution in [1.82, 2.24) is 4.31 Å². The highest BCUT2D eigenvalue weighted by Crippen LogP contribution is 2.21. The maximum absolute atomic E-state index is 13.5. The van der Waals surface area contributed by atoms with Crippen LogP contribution in [0.3, 0.4) is 0 Å². The van der Waals surface area contributed by atoms with E-state index in [1.807, 2.05) is 0 Å². The number of carbonyl (C=O) groups is 2. The van der Waals surface area contributed by atoms with Crippen molar-refractivity contribution in [3.8, 4) is 0 Å². The van der Waals surface area contributed by atoms with Gasteiger partial charge in [-0.15, -0.1) is 0 Å². The molecule has 0 spiro atoms. The smallest absolute Gasteiger partial charge is 0.344 e. The normalized spacial score (nSPS) is 14.8. The van der Waals surface area contributed by atoms with Crippen LogP contribution in [0.15, 0.2) is 47.4 Å². The molecule has 1 saturated heterocycles. The minimum Gasteiger partial charge on any atom is -0.454 e. The standard InChI is InChI=1S/C19H17F2NO5S/c20-15-4-3-5-16(21)18(15)19(24)27-12-17(23)13-6-8-14(9-7-13)28(25,26)22-10-1-2-11-22/h3-9H,1-2,10-12H2. The van der Waals surface area contributed by atoms with Crippen molar-refractivity contribution < 1.29 is 31.5 Å². The molecule has 2 aromatic rings. The van der Waals surface area contributed by atoms with Crippen molar-refractivity contribution in [2.45, 2.75) is 17.7 Å². The van der Waals surface area contributed by atoms with Crippen molar-refractivity contribution in [3.63, 3.8) is 0 Å². The summed E-state index contributed by atoms with van der Waals surface area (Å²) in [6.07, 6.45) is 1.62. The van der Waals surface area contributed by atoms with E-state index in [1.165, 1.54) is 28.6 Å². The third-order valence-corrected chi connectivity index (χ3v) is 6.29. The van der Waals surface area contributed by atoms with Crippen LogP contribution in [0.25, 0.3) is 0 Å². The second-order valence-corrected chi connectivity index (χ2v) is 8.17. The van der Waals surface area contributed by atoms with Crippen LogP contribution in [0.4, 0.5) is 8.78 Å². The molecular weight excluding hydrogens is 392 g/mol. The van der Waals surface area contributed by atoms with Gasteiger partial charge >= 0.3 is 5.97 Å². The molecule has 3 rings (SSSR count). The Kier molecular flexibility index (Phi) is 5.85. The first-order chi connectivity index (χ1) is 13.3. The number of rotatable bonds is 6. The van der Waals surface area contributed by atoms with E-state index in [1.54, 1.807) is 0 Å². The van der Waals surface area contributed by atoms with E-state index in [0.717, 1.165) is 31.0 Å². The lowest BCUT2D eigenvalue weighted by atomic mass is 10.1. The van der Waals surface area contributed by atoms with Gasteiger partial charge < -0.3 is 4.74 Å². The van der Waals surface area contributed by atoms with Gasteiger partial charge in [-0.25, -0.2) is 22.0 Å². The first kappa shape index (κ1) is 20.1. The number of Topliss-reactive ketones (excluding diaryl/α,β-unsaturated/α-hetero) is 1. The molecule has 9 heteroatoms. The van der Waals surface area contributed by atoms with Crippen molar-refractivity contribution in [1.29, 1.82) is 0 Å². The topological polar surface area (TPSA) is 80.8 Å². The fourth-order valence-corrected chi connectivity index (χ4v) is 4.39. The summed E-state index contributed by atoms with van der Waals surface area (Å²) < 4.78 is 58.1. The van der Waals surface area contributed by atoms with E-state index in [-0.39, 0.29) is 10.5 Å². The number of nitrogens with zero attached hydrogens (tertiary/aromatic N) is 1. The molecule has 0 N–H and O–H groups in total. The van der Waals surface area contributed by atoms with Crippen molar-refractivity contribution in [2.24, 2.45) is 0 Å². The van der Waals surface area contributed by atoms with Crippen molar-refractivity contribution >= 4 is 21.8 Å². The van der Waals surface area contributed by atoms with E-state index in [2.05, 4.69) is 4.74 Å². The molecule has 1 fully saturated rings. The molecule has 1 aliphatic rings. The summed E-state index contributed by atoms with van der Waals surface area (Å²) in [5, 5.41) is 0. The molecule has 6 nitrogen and oxygen atoms in total. The predicted molar refractivity (Wildman–Crippen MR) is 95.4 cm³/mol. The Morgan fingerprint density at radius 3 is 2.11 bits per heavy atom. The number of sulfonamides is 1. The number of esters is 1. The molecule has 148 valence electrons. The molecule has 1 heterocycles. The van der Waals surface area contributed by atoms with Crippen LogP contribution < -0.4 is 0 Å². The van der Waals surface area contributed by atoms with Crippen LogP contribution >= 0.6 is 0 Å². The molecule has 0 unspecified atom stereocenters. The second-order valence-electron chi connectivity index (χ2n) is 6.23. The van der Waals surface area contributed by atoms with E-state index in [9.17, 15) is 26.8 Å². The van der Waals surface area contributed by atoms with Crippen molar-refractivity contribution in [2.75, 3.05) is 19.7 Å². The first-order valence-corrected chi connectivity index (χ1v) is 9.99. The molecule has 0 atom stereocenters. The highest BCUT2D eigenvalue weighted by Gasteiger charge is 2.27. The number of halogens is 2. The highest BCUT2D eigenvalue weighted by atomic mass is 32.2. The minimum absolute atomic E-state index is 0.0661. The van der Waals surface area contributed by atoms with Crippen LogP contribution in [-0.2, 0) is 14.8 Å². The van der Waals surface area contributed by atoms with Gasteiger partial charge in [0.2, 0.25) is 10.0 Å². The van der Waals surface area contributed by atoms with E-state index < -0.39 is 45.6 Å². The largest absolute Gasteiger partial charge is 0.454 e. The Hall–Kier alpha value is -2.65. The number of hydrogen-bond donors (Lipinski definition) is 0. The Bertz CT molecular complexity index is 979. The molecule has 0 radical (unpaired) electrons. The maximum Gasteiger partial charge on any atom is 0.344 e. The molecule has 2 aromatic carbocycles. The van der Waals surface area contributed by atoms with Crippen LogP contribution in [0.2, 0.25) is 0 Å². The van der Waals surface area contributed by atoms with Crippen LogP contribution in [0, 0.1) is 11.6 Å². The molecule has 1 aliphatic heterocycles. The third kappa shape index (κ3) is 4.10. The van der Waals surface area contributed by atoms with Gasteiger partial charge in [-0.05, 0) is 49.2 Å².